The van der Waals surface area contributed by atoms with E-state index in [1.807, 2.05) is 0 Å². The third kappa shape index (κ3) is 2.14. The summed E-state index contributed by atoms with van der Waals surface area (Å²) in [7, 11) is 0. The van der Waals surface area contributed by atoms with E-state index in [9.17, 15) is 18.0 Å². The highest BCUT2D eigenvalue weighted by molar-refractivity contribution is 14.1. The van der Waals surface area contributed by atoms with Crippen molar-refractivity contribution in [2.24, 2.45) is 0 Å². The fourth-order valence-corrected chi connectivity index (χ4v) is 1.28. The number of rotatable bonds is 2. The Morgan fingerprint density at radius 1 is 1.57 bits per heavy atom. The number of alkyl halides is 2. The summed E-state index contributed by atoms with van der Waals surface area (Å²) in [6, 6.07) is 0.607. The smallest absolute Gasteiger partial charge is 0.354 e. The summed E-state index contributed by atoms with van der Waals surface area (Å²) in [5.41, 5.74) is -1.57. The summed E-state index contributed by atoms with van der Waals surface area (Å²) < 4.78 is 37.0. The molecule has 0 bridgehead atoms. The fraction of sp³-hybridized carbons (Fsp3) is 0.143. The molecule has 0 spiro atoms. The zero-order valence-corrected chi connectivity index (χ0v) is 8.63. The maximum atomic E-state index is 12.9. The van der Waals surface area contributed by atoms with Crippen LogP contribution in [0.15, 0.2) is 6.07 Å². The van der Waals surface area contributed by atoms with E-state index in [0.29, 0.717) is 6.07 Å². The molecule has 0 radical (unpaired) electrons. The second-order valence-electron chi connectivity index (χ2n) is 2.29. The number of aromatic carboxylic acids is 1. The Morgan fingerprint density at radius 3 is 2.57 bits per heavy atom. The number of carboxylic acid groups (broad SMARTS) is 1. The van der Waals surface area contributed by atoms with Crippen LogP contribution in [0, 0.1) is 9.39 Å². The second kappa shape index (κ2) is 4.11. The van der Waals surface area contributed by atoms with Gasteiger partial charge in [0.1, 0.15) is 11.5 Å². The van der Waals surface area contributed by atoms with Crippen molar-refractivity contribution in [3.63, 3.8) is 0 Å². The first kappa shape index (κ1) is 11.2. The Kier molecular flexibility index (Phi) is 3.29. The van der Waals surface area contributed by atoms with Crippen molar-refractivity contribution in [1.29, 1.82) is 0 Å². The largest absolute Gasteiger partial charge is 0.477 e. The lowest BCUT2D eigenvalue weighted by Crippen LogP contribution is -2.07. The van der Waals surface area contributed by atoms with Gasteiger partial charge < -0.3 is 5.11 Å². The molecule has 1 N–H and O–H groups in total. The first-order valence-corrected chi connectivity index (χ1v) is 4.38. The van der Waals surface area contributed by atoms with Gasteiger partial charge in [-0.2, -0.15) is 0 Å². The van der Waals surface area contributed by atoms with Gasteiger partial charge in [-0.05, 0) is 22.6 Å². The van der Waals surface area contributed by atoms with Crippen molar-refractivity contribution in [3.8, 4) is 0 Å². The molecule has 0 fully saturated rings. The van der Waals surface area contributed by atoms with Crippen molar-refractivity contribution in [2.45, 2.75) is 6.43 Å². The molecule has 7 heteroatoms. The first-order valence-electron chi connectivity index (χ1n) is 3.31. The van der Waals surface area contributed by atoms with Gasteiger partial charge in [0, 0.05) is 6.07 Å². The van der Waals surface area contributed by atoms with Gasteiger partial charge in [-0.15, -0.1) is 0 Å². The Hall–Kier alpha value is -0.860. The Morgan fingerprint density at radius 2 is 2.14 bits per heavy atom. The lowest BCUT2D eigenvalue weighted by atomic mass is 10.3. The molecule has 0 atom stereocenters. The van der Waals surface area contributed by atoms with Crippen LogP contribution in [-0.2, 0) is 0 Å². The molecule has 0 aliphatic rings. The standard InChI is InChI=1S/C7H3F3INO2/c8-2-1-3(7(13)14)12-5(4(2)11)6(9)10/h1,6H,(H,13,14). The van der Waals surface area contributed by atoms with E-state index in [1.165, 1.54) is 22.6 Å². The van der Waals surface area contributed by atoms with Gasteiger partial charge in [0.15, 0.2) is 5.69 Å². The molecule has 1 aromatic rings. The number of aromatic nitrogens is 1. The van der Waals surface area contributed by atoms with E-state index < -0.39 is 29.6 Å². The first-order chi connectivity index (χ1) is 6.43. The molecule has 0 amide bonds. The quantitative estimate of drug-likeness (QED) is 0.853. The van der Waals surface area contributed by atoms with Crippen LogP contribution in [0.4, 0.5) is 13.2 Å². The van der Waals surface area contributed by atoms with Crippen molar-refractivity contribution in [3.05, 3.63) is 26.8 Å². The van der Waals surface area contributed by atoms with E-state index in [2.05, 4.69) is 4.98 Å². The van der Waals surface area contributed by atoms with E-state index in [1.54, 1.807) is 0 Å². The topological polar surface area (TPSA) is 50.2 Å². The van der Waals surface area contributed by atoms with E-state index in [0.717, 1.165) is 0 Å². The summed E-state index contributed by atoms with van der Waals surface area (Å²) in [5, 5.41) is 8.43. The minimum atomic E-state index is -2.99. The molecule has 1 heterocycles. The molecule has 76 valence electrons. The monoisotopic (exact) mass is 317 g/mol. The highest BCUT2D eigenvalue weighted by atomic mass is 127. The maximum absolute atomic E-state index is 12.9. The number of hydrogen-bond donors (Lipinski definition) is 1. The molecule has 1 rings (SSSR count). The molecule has 0 aliphatic heterocycles. The van der Waals surface area contributed by atoms with Crippen molar-refractivity contribution in [1.82, 2.24) is 4.98 Å². The number of carbonyl (C=O) groups is 1. The second-order valence-corrected chi connectivity index (χ2v) is 3.37. The summed E-state index contributed by atoms with van der Waals surface area (Å²) in [6.45, 7) is 0. The number of nitrogens with zero attached hydrogens (tertiary/aromatic N) is 1. The van der Waals surface area contributed by atoms with Crippen LogP contribution in [0.1, 0.15) is 22.6 Å². The van der Waals surface area contributed by atoms with Gasteiger partial charge in [-0.1, -0.05) is 0 Å². The van der Waals surface area contributed by atoms with Crippen molar-refractivity contribution >= 4 is 28.6 Å². The van der Waals surface area contributed by atoms with Crippen LogP contribution < -0.4 is 0 Å². The zero-order chi connectivity index (χ0) is 10.9. The number of pyridine rings is 1. The maximum Gasteiger partial charge on any atom is 0.354 e. The average molecular weight is 317 g/mol. The highest BCUT2D eigenvalue weighted by Crippen LogP contribution is 2.24. The molecule has 0 unspecified atom stereocenters. The van der Waals surface area contributed by atoms with E-state index in [-0.39, 0.29) is 3.57 Å². The summed E-state index contributed by atoms with van der Waals surface area (Å²) in [4.78, 5) is 13.5. The average Bonchev–Trinajstić information content (AvgIpc) is 2.08. The van der Waals surface area contributed by atoms with Crippen molar-refractivity contribution < 1.29 is 23.1 Å². The molecule has 3 nitrogen and oxygen atoms in total. The molecule has 1 aromatic heterocycles. The van der Waals surface area contributed by atoms with Crippen LogP contribution in [0.25, 0.3) is 0 Å². The molecule has 0 aromatic carbocycles. The van der Waals surface area contributed by atoms with Crippen LogP contribution in [-0.4, -0.2) is 16.1 Å². The van der Waals surface area contributed by atoms with Crippen LogP contribution >= 0.6 is 22.6 Å². The molecule has 0 saturated carbocycles. The van der Waals surface area contributed by atoms with Gasteiger partial charge in [0.25, 0.3) is 6.43 Å². The Bertz CT molecular complexity index is 383. The fourth-order valence-electron chi connectivity index (χ4n) is 0.771. The van der Waals surface area contributed by atoms with Crippen LogP contribution in [0.3, 0.4) is 0 Å². The molecule has 0 aliphatic carbocycles. The molecule has 14 heavy (non-hydrogen) atoms. The third-order valence-electron chi connectivity index (χ3n) is 1.36. The van der Waals surface area contributed by atoms with Gasteiger partial charge in [0.05, 0.1) is 3.57 Å². The lowest BCUT2D eigenvalue weighted by Gasteiger charge is -2.04. The van der Waals surface area contributed by atoms with E-state index >= 15 is 0 Å². The van der Waals surface area contributed by atoms with Crippen molar-refractivity contribution in [2.75, 3.05) is 0 Å². The SMILES string of the molecule is O=C(O)c1cc(F)c(I)c(C(F)F)n1. The van der Waals surface area contributed by atoms with Crippen LogP contribution in [0.5, 0.6) is 0 Å². The highest BCUT2D eigenvalue weighted by Gasteiger charge is 2.20. The molecular formula is C7H3F3INO2. The zero-order valence-electron chi connectivity index (χ0n) is 6.47. The van der Waals surface area contributed by atoms with E-state index in [4.69, 9.17) is 5.11 Å². The third-order valence-corrected chi connectivity index (χ3v) is 2.43. The minimum absolute atomic E-state index is 0.359. The summed E-state index contributed by atoms with van der Waals surface area (Å²) >= 11 is 1.35. The van der Waals surface area contributed by atoms with Gasteiger partial charge >= 0.3 is 5.97 Å². The van der Waals surface area contributed by atoms with Gasteiger partial charge in [0.2, 0.25) is 0 Å². The predicted octanol–water partition coefficient (Wildman–Crippen LogP) is 2.46. The number of carboxylic acids is 1. The minimum Gasteiger partial charge on any atom is -0.477 e. The molecule has 0 saturated heterocycles. The van der Waals surface area contributed by atoms with Gasteiger partial charge in [-0.3, -0.25) is 0 Å². The predicted molar refractivity (Wildman–Crippen MR) is 48.8 cm³/mol. The summed E-state index contributed by atoms with van der Waals surface area (Å²) in [6.07, 6.45) is -2.99. The number of hydrogen-bond acceptors (Lipinski definition) is 2. The number of halogens is 4. The Balaban J connectivity index is 3.35. The normalized spacial score (nSPS) is 10.6. The Labute approximate surface area is 90.1 Å². The van der Waals surface area contributed by atoms with Gasteiger partial charge in [-0.25, -0.2) is 22.9 Å². The van der Waals surface area contributed by atoms with Crippen LogP contribution in [0.2, 0.25) is 0 Å². The molecular weight excluding hydrogens is 314 g/mol. The summed E-state index contributed by atoms with van der Waals surface area (Å²) in [5.74, 6) is -2.55. The lowest BCUT2D eigenvalue weighted by molar-refractivity contribution is 0.0687.